The van der Waals surface area contributed by atoms with Crippen LogP contribution in [0, 0.1) is 5.82 Å². The third kappa shape index (κ3) is 3.45. The number of fused-ring (bicyclic) bond motifs is 2. The van der Waals surface area contributed by atoms with E-state index in [-0.39, 0.29) is 23.9 Å². The Morgan fingerprint density at radius 3 is 2.52 bits per heavy atom. The molecule has 1 aromatic carbocycles. The zero-order valence-electron chi connectivity index (χ0n) is 16.3. The number of carbonyl (C=O) groups is 1. The molecule has 1 amide bonds. The number of piperidine rings is 1. The van der Waals surface area contributed by atoms with Gasteiger partial charge in [0.25, 0.3) is 5.91 Å². The van der Waals surface area contributed by atoms with Crippen LogP contribution in [0.5, 0.6) is 0 Å². The number of ether oxygens (including phenoxy) is 1. The number of hydrogen-bond acceptors (Lipinski definition) is 5. The number of halogens is 1. The molecule has 1 unspecified atom stereocenters. The molecular formula is C19H23FN4O4S. The van der Waals surface area contributed by atoms with Gasteiger partial charge in [-0.25, -0.2) is 17.8 Å². The van der Waals surface area contributed by atoms with E-state index in [0.29, 0.717) is 19.4 Å². The number of likely N-dealkylation sites (N-methyl/N-ethyl adjacent to an activating group) is 1. The lowest BCUT2D eigenvalue weighted by Crippen LogP contribution is -2.54. The van der Waals surface area contributed by atoms with Gasteiger partial charge in [-0.3, -0.25) is 4.79 Å². The van der Waals surface area contributed by atoms with E-state index in [2.05, 4.69) is 4.98 Å². The molecule has 29 heavy (non-hydrogen) atoms. The fourth-order valence-corrected chi connectivity index (χ4v) is 5.44. The second kappa shape index (κ2) is 7.19. The number of imidazole rings is 1. The summed E-state index contributed by atoms with van der Waals surface area (Å²) >= 11 is 0. The van der Waals surface area contributed by atoms with Crippen LogP contribution in [0.4, 0.5) is 4.39 Å². The first-order valence-electron chi connectivity index (χ1n) is 9.39. The van der Waals surface area contributed by atoms with Crippen molar-refractivity contribution in [3.63, 3.8) is 0 Å². The van der Waals surface area contributed by atoms with E-state index in [1.807, 2.05) is 10.8 Å². The minimum Gasteiger partial charge on any atom is -0.352 e. The number of sulfonamides is 1. The maximum atomic E-state index is 13.2. The summed E-state index contributed by atoms with van der Waals surface area (Å²) < 4.78 is 48.5. The Kier molecular flexibility index (Phi) is 4.96. The fourth-order valence-electron chi connectivity index (χ4n) is 4.00. The lowest BCUT2D eigenvalue weighted by atomic mass is 9.89. The summed E-state index contributed by atoms with van der Waals surface area (Å²) in [7, 11) is -0.372. The van der Waals surface area contributed by atoms with Gasteiger partial charge in [-0.15, -0.1) is 0 Å². The van der Waals surface area contributed by atoms with Crippen molar-refractivity contribution in [2.45, 2.75) is 36.0 Å². The van der Waals surface area contributed by atoms with Crippen LogP contribution in [-0.2, 0) is 31.7 Å². The van der Waals surface area contributed by atoms with E-state index >= 15 is 0 Å². The van der Waals surface area contributed by atoms with Crippen LogP contribution >= 0.6 is 0 Å². The molecule has 156 valence electrons. The summed E-state index contributed by atoms with van der Waals surface area (Å²) in [4.78, 5) is 18.5. The Hall–Kier alpha value is -2.30. The first-order valence-corrected chi connectivity index (χ1v) is 10.8. The molecule has 1 spiro atoms. The Bertz CT molecular complexity index is 1010. The number of amides is 1. The molecule has 0 aliphatic carbocycles. The van der Waals surface area contributed by atoms with Crippen LogP contribution in [-0.4, -0.2) is 66.4 Å². The number of rotatable bonds is 3. The molecule has 1 fully saturated rings. The van der Waals surface area contributed by atoms with Crippen LogP contribution in [0.25, 0.3) is 0 Å². The molecule has 1 saturated heterocycles. The molecule has 2 aliphatic rings. The van der Waals surface area contributed by atoms with Crippen molar-refractivity contribution in [1.29, 1.82) is 0 Å². The van der Waals surface area contributed by atoms with E-state index in [1.54, 1.807) is 20.3 Å². The van der Waals surface area contributed by atoms with Gasteiger partial charge >= 0.3 is 0 Å². The smallest absolute Gasteiger partial charge is 0.253 e. The Morgan fingerprint density at radius 1 is 1.24 bits per heavy atom. The van der Waals surface area contributed by atoms with E-state index in [0.717, 1.165) is 18.0 Å². The summed E-state index contributed by atoms with van der Waals surface area (Å²) in [6.45, 7) is 0.816. The van der Waals surface area contributed by atoms with Crippen LogP contribution in [0.2, 0.25) is 0 Å². The van der Waals surface area contributed by atoms with Gasteiger partial charge in [-0.1, -0.05) is 0 Å². The highest BCUT2D eigenvalue weighted by Crippen LogP contribution is 2.41. The number of hydrogen-bond donors (Lipinski definition) is 0. The quantitative estimate of drug-likeness (QED) is 0.742. The van der Waals surface area contributed by atoms with Gasteiger partial charge in [-0.2, -0.15) is 4.31 Å². The molecule has 0 bridgehead atoms. The second-order valence-corrected chi connectivity index (χ2v) is 9.53. The van der Waals surface area contributed by atoms with Crippen molar-refractivity contribution in [3.05, 3.63) is 48.3 Å². The predicted octanol–water partition coefficient (Wildman–Crippen LogP) is 1.19. The summed E-state index contributed by atoms with van der Waals surface area (Å²) in [5, 5.41) is 0. The summed E-state index contributed by atoms with van der Waals surface area (Å²) in [6, 6.07) is 4.81. The van der Waals surface area contributed by atoms with Crippen LogP contribution in [0.1, 0.15) is 18.7 Å². The van der Waals surface area contributed by atoms with Gasteiger partial charge in [0.2, 0.25) is 10.0 Å². The molecule has 8 nitrogen and oxygen atoms in total. The van der Waals surface area contributed by atoms with Gasteiger partial charge in [0.15, 0.2) is 6.10 Å². The van der Waals surface area contributed by atoms with E-state index < -0.39 is 27.5 Å². The van der Waals surface area contributed by atoms with Gasteiger partial charge in [0.1, 0.15) is 17.2 Å². The summed E-state index contributed by atoms with van der Waals surface area (Å²) in [5.74, 6) is 0.102. The van der Waals surface area contributed by atoms with Crippen LogP contribution in [0.15, 0.2) is 41.6 Å². The average Bonchev–Trinajstić information content (AvgIpc) is 3.18. The number of aromatic nitrogens is 2. The Morgan fingerprint density at radius 2 is 1.90 bits per heavy atom. The average molecular weight is 422 g/mol. The molecule has 0 radical (unpaired) electrons. The molecule has 10 heteroatoms. The van der Waals surface area contributed by atoms with Crippen LogP contribution < -0.4 is 0 Å². The molecular weight excluding hydrogens is 399 g/mol. The highest BCUT2D eigenvalue weighted by Gasteiger charge is 2.48. The van der Waals surface area contributed by atoms with Crippen molar-refractivity contribution in [2.24, 2.45) is 0 Å². The van der Waals surface area contributed by atoms with Gasteiger partial charge in [-0.05, 0) is 37.1 Å². The highest BCUT2D eigenvalue weighted by atomic mass is 32.2. The lowest BCUT2D eigenvalue weighted by Gasteiger charge is -2.45. The first-order chi connectivity index (χ1) is 13.7. The molecule has 0 N–H and O–H groups in total. The molecule has 2 aliphatic heterocycles. The predicted molar refractivity (Wildman–Crippen MR) is 102 cm³/mol. The second-order valence-electron chi connectivity index (χ2n) is 7.59. The first kappa shape index (κ1) is 20.0. The SMILES string of the molecule is CN(C)C(=O)C1Cn2ccnc2C2(CCN(S(=O)(=O)c3ccc(F)cc3)CC2)O1. The molecule has 1 aromatic heterocycles. The summed E-state index contributed by atoms with van der Waals surface area (Å²) in [6.07, 6.45) is 3.59. The maximum absolute atomic E-state index is 13.2. The van der Waals surface area contributed by atoms with Gasteiger partial charge in [0.05, 0.1) is 11.4 Å². The number of carbonyl (C=O) groups excluding carboxylic acids is 1. The lowest BCUT2D eigenvalue weighted by molar-refractivity contribution is -0.177. The third-order valence-electron chi connectivity index (χ3n) is 5.55. The summed E-state index contributed by atoms with van der Waals surface area (Å²) in [5.41, 5.74) is -0.813. The standard InChI is InChI=1S/C19H23FN4O4S/c1-22(2)17(25)16-13-23-12-9-21-18(23)19(28-16)7-10-24(11-8-19)29(26,27)15-5-3-14(20)4-6-15/h3-6,9,12,16H,7-8,10-11,13H2,1-2H3. The minimum atomic E-state index is -3.73. The van der Waals surface area contributed by atoms with Crippen molar-refractivity contribution in [2.75, 3.05) is 27.2 Å². The van der Waals surface area contributed by atoms with Crippen molar-refractivity contribution in [1.82, 2.24) is 18.8 Å². The van der Waals surface area contributed by atoms with E-state index in [4.69, 9.17) is 4.74 Å². The largest absolute Gasteiger partial charge is 0.352 e. The Labute approximate surface area is 168 Å². The topological polar surface area (TPSA) is 84.7 Å². The molecule has 3 heterocycles. The maximum Gasteiger partial charge on any atom is 0.253 e. The highest BCUT2D eigenvalue weighted by molar-refractivity contribution is 7.89. The van der Waals surface area contributed by atoms with Crippen LogP contribution in [0.3, 0.4) is 0 Å². The third-order valence-corrected chi connectivity index (χ3v) is 7.46. The van der Waals surface area contributed by atoms with Gasteiger partial charge in [0, 0.05) is 39.6 Å². The van der Waals surface area contributed by atoms with E-state index in [1.165, 1.54) is 21.3 Å². The zero-order valence-corrected chi connectivity index (χ0v) is 17.1. The molecule has 1 atom stereocenters. The fraction of sp³-hybridized carbons (Fsp3) is 0.474. The molecule has 0 saturated carbocycles. The van der Waals surface area contributed by atoms with Crippen molar-refractivity contribution in [3.8, 4) is 0 Å². The normalized spacial score (nSPS) is 21.7. The van der Waals surface area contributed by atoms with E-state index in [9.17, 15) is 17.6 Å². The number of benzene rings is 1. The van der Waals surface area contributed by atoms with Crippen molar-refractivity contribution < 1.29 is 22.3 Å². The molecule has 4 rings (SSSR count). The minimum absolute atomic E-state index is 0.0570. The van der Waals surface area contributed by atoms with Crippen molar-refractivity contribution >= 4 is 15.9 Å². The number of nitrogens with zero attached hydrogens (tertiary/aromatic N) is 4. The monoisotopic (exact) mass is 422 g/mol. The molecule has 2 aromatic rings. The Balaban J connectivity index is 1.57. The zero-order chi connectivity index (χ0) is 20.8. The van der Waals surface area contributed by atoms with Gasteiger partial charge < -0.3 is 14.2 Å².